The quantitative estimate of drug-likeness (QED) is 0.605. The predicted molar refractivity (Wildman–Crippen MR) is 53.9 cm³/mol. The summed E-state index contributed by atoms with van der Waals surface area (Å²) in [6.07, 6.45) is -2.17. The minimum absolute atomic E-state index is 0.135. The number of nitrogens with zero attached hydrogens (tertiary/aromatic N) is 1. The minimum Gasteiger partial charge on any atom is -0.361 e. The normalized spacial score (nSPS) is 20.9. The van der Waals surface area contributed by atoms with Crippen LogP contribution in [0.15, 0.2) is 30.4 Å². The molecule has 2 rings (SSSR count). The third kappa shape index (κ3) is 1.59. The number of H-pyrrole nitrogens is 1. The van der Waals surface area contributed by atoms with Crippen molar-refractivity contribution in [1.29, 1.82) is 0 Å². The highest BCUT2D eigenvalue weighted by atomic mass is 16.6. The van der Waals surface area contributed by atoms with Crippen molar-refractivity contribution < 1.29 is 15.9 Å². The van der Waals surface area contributed by atoms with Crippen LogP contribution in [0.25, 0.3) is 10.9 Å². The number of nitro groups is 1. The highest BCUT2D eigenvalue weighted by Crippen LogP contribution is 2.17. The van der Waals surface area contributed by atoms with Crippen LogP contribution in [0.2, 0.25) is 0 Å². The fourth-order valence-corrected chi connectivity index (χ4v) is 1.04. The Kier molecular flexibility index (Phi) is 0.844. The molecular formula is C10H10N2O2. The van der Waals surface area contributed by atoms with Crippen molar-refractivity contribution in [3.63, 3.8) is 0 Å². The molecule has 72 valence electrons. The van der Waals surface area contributed by atoms with Crippen LogP contribution >= 0.6 is 0 Å². The average Bonchev–Trinajstić information content (AvgIpc) is 2.87. The van der Waals surface area contributed by atoms with Gasteiger partial charge in [0, 0.05) is 31.1 Å². The Labute approximate surface area is 91.9 Å². The standard InChI is InChI=1S/C10H10N2O2/c13-12(14)6-5-8-7-11-10-4-2-1-3-9(8)10/h1-4,7,11H,5-6H2/i1D,2D,3D,4D,5D2,6D2. The molecule has 2 aromatic rings. The van der Waals surface area contributed by atoms with Crippen molar-refractivity contribution in [1.82, 2.24) is 4.98 Å². The summed E-state index contributed by atoms with van der Waals surface area (Å²) in [4.78, 5) is 11.8. The highest BCUT2D eigenvalue weighted by molar-refractivity contribution is 5.82. The van der Waals surface area contributed by atoms with Gasteiger partial charge in [0.25, 0.3) is 0 Å². The van der Waals surface area contributed by atoms with Gasteiger partial charge in [-0.3, -0.25) is 10.1 Å². The lowest BCUT2D eigenvalue weighted by Crippen LogP contribution is -2.03. The van der Waals surface area contributed by atoms with Gasteiger partial charge in [-0.1, -0.05) is 18.1 Å². The molecular weight excluding hydrogens is 180 g/mol. The monoisotopic (exact) mass is 198 g/mol. The first kappa shape index (κ1) is 3.38. The van der Waals surface area contributed by atoms with E-state index in [1.165, 1.54) is 0 Å². The predicted octanol–water partition coefficient (Wildman–Crippen LogP) is 1.99. The summed E-state index contributed by atoms with van der Waals surface area (Å²) >= 11 is 0. The van der Waals surface area contributed by atoms with Crippen molar-refractivity contribution in [2.24, 2.45) is 0 Å². The summed E-state index contributed by atoms with van der Waals surface area (Å²) in [5, 5.41) is 10.5. The number of benzene rings is 1. The Bertz CT molecular complexity index is 785. The summed E-state index contributed by atoms with van der Waals surface area (Å²) in [6.45, 7) is -3.47. The van der Waals surface area contributed by atoms with E-state index in [9.17, 15) is 10.1 Å². The van der Waals surface area contributed by atoms with Crippen molar-refractivity contribution in [3.05, 3.63) is 46.0 Å². The van der Waals surface area contributed by atoms with E-state index in [4.69, 9.17) is 11.0 Å². The fraction of sp³-hybridized carbons (Fsp3) is 0.200. The van der Waals surface area contributed by atoms with Crippen LogP contribution in [0.5, 0.6) is 0 Å². The molecule has 0 atom stereocenters. The highest BCUT2D eigenvalue weighted by Gasteiger charge is 2.05. The van der Waals surface area contributed by atoms with Gasteiger partial charge in [-0.15, -0.1) is 0 Å². The first-order valence-electron chi connectivity index (χ1n) is 7.67. The van der Waals surface area contributed by atoms with E-state index >= 15 is 0 Å². The number of aromatic amines is 1. The lowest BCUT2D eigenvalue weighted by atomic mass is 10.1. The largest absolute Gasteiger partial charge is 0.361 e. The molecule has 0 spiro atoms. The van der Waals surface area contributed by atoms with E-state index in [1.54, 1.807) is 0 Å². The third-order valence-electron chi connectivity index (χ3n) is 1.60. The van der Waals surface area contributed by atoms with Gasteiger partial charge in [0.1, 0.15) is 2.74 Å². The van der Waals surface area contributed by atoms with E-state index in [1.807, 2.05) is 0 Å². The van der Waals surface area contributed by atoms with E-state index < -0.39 is 47.5 Å². The molecule has 0 amide bonds. The summed E-state index contributed by atoms with van der Waals surface area (Å²) in [5.41, 5.74) is -0.666. The van der Waals surface area contributed by atoms with Gasteiger partial charge in [-0.25, -0.2) is 0 Å². The van der Waals surface area contributed by atoms with Crippen LogP contribution in [0.3, 0.4) is 0 Å². The van der Waals surface area contributed by atoms with Gasteiger partial charge in [-0.05, 0) is 11.6 Å². The Morgan fingerprint density at radius 1 is 1.57 bits per heavy atom. The number of hydrogen-bond acceptors (Lipinski definition) is 2. The van der Waals surface area contributed by atoms with Crippen molar-refractivity contribution in [3.8, 4) is 0 Å². The number of hydrogen-bond donors (Lipinski definition) is 1. The SMILES string of the molecule is [2H]c1c([2H])c([2H])c2c(C([2H])([2H])C([2H])([2H])[N+](=O)[O-])c[nH]c2c1[2H]. The Hall–Kier alpha value is -1.84. The molecule has 4 nitrogen and oxygen atoms in total. The van der Waals surface area contributed by atoms with E-state index in [0.717, 1.165) is 6.20 Å². The van der Waals surface area contributed by atoms with E-state index in [0.29, 0.717) is 0 Å². The van der Waals surface area contributed by atoms with Crippen LogP contribution < -0.4 is 0 Å². The van der Waals surface area contributed by atoms with Crippen LogP contribution in [0.4, 0.5) is 0 Å². The van der Waals surface area contributed by atoms with Gasteiger partial charge in [0.15, 0.2) is 0 Å². The maximum absolute atomic E-state index is 10.8. The fourth-order valence-electron chi connectivity index (χ4n) is 1.04. The molecule has 1 aromatic carbocycles. The van der Waals surface area contributed by atoms with Crippen LogP contribution in [-0.2, 0) is 6.37 Å². The minimum atomic E-state index is -3.47. The zero-order valence-electron chi connectivity index (χ0n) is 14.8. The molecule has 0 saturated heterocycles. The Morgan fingerprint density at radius 3 is 3.14 bits per heavy atom. The molecule has 0 bridgehead atoms. The van der Waals surface area contributed by atoms with Gasteiger partial charge in [0.2, 0.25) is 6.50 Å². The Balaban J connectivity index is 2.87. The molecule has 4 heteroatoms. The lowest BCUT2D eigenvalue weighted by Gasteiger charge is -1.93. The first-order chi connectivity index (χ1) is 9.94. The first-order valence-corrected chi connectivity index (χ1v) is 3.67. The van der Waals surface area contributed by atoms with Crippen LogP contribution in [0, 0.1) is 10.1 Å². The molecule has 1 N–H and O–H groups in total. The second-order valence-electron chi connectivity index (χ2n) is 2.45. The molecule has 0 saturated carbocycles. The van der Waals surface area contributed by atoms with Crippen LogP contribution in [0.1, 0.15) is 16.5 Å². The topological polar surface area (TPSA) is 58.9 Å². The Morgan fingerprint density at radius 2 is 2.36 bits per heavy atom. The molecule has 0 aliphatic heterocycles. The summed E-state index contributed by atoms with van der Waals surface area (Å²) in [7, 11) is 0. The average molecular weight is 198 g/mol. The van der Waals surface area contributed by atoms with Gasteiger partial charge < -0.3 is 4.98 Å². The number of aromatic nitrogens is 1. The second-order valence-corrected chi connectivity index (χ2v) is 2.45. The lowest BCUT2D eigenvalue weighted by molar-refractivity contribution is -0.479. The summed E-state index contributed by atoms with van der Waals surface area (Å²) < 4.78 is 60.9. The maximum Gasteiger partial charge on any atom is 0.207 e. The molecule has 0 radical (unpaired) electrons. The van der Waals surface area contributed by atoms with E-state index in [-0.39, 0.29) is 10.9 Å². The molecule has 0 aliphatic rings. The second kappa shape index (κ2) is 3.49. The number of fused-ring (bicyclic) bond motifs is 1. The molecule has 0 aliphatic carbocycles. The number of nitrogens with one attached hydrogen (secondary N) is 1. The molecule has 0 fully saturated rings. The number of para-hydroxylation sites is 1. The van der Waals surface area contributed by atoms with Gasteiger partial charge in [-0.2, -0.15) is 0 Å². The van der Waals surface area contributed by atoms with Crippen molar-refractivity contribution in [2.75, 3.05) is 6.50 Å². The zero-order chi connectivity index (χ0) is 17.0. The van der Waals surface area contributed by atoms with Gasteiger partial charge >= 0.3 is 0 Å². The van der Waals surface area contributed by atoms with Gasteiger partial charge in [0.05, 0.1) is 5.48 Å². The molecule has 1 aromatic heterocycles. The summed E-state index contributed by atoms with van der Waals surface area (Å²) in [5.74, 6) is 0. The summed E-state index contributed by atoms with van der Waals surface area (Å²) in [6, 6.07) is -2.21. The van der Waals surface area contributed by atoms with Crippen molar-refractivity contribution in [2.45, 2.75) is 6.37 Å². The van der Waals surface area contributed by atoms with E-state index in [2.05, 4.69) is 4.98 Å². The number of aryl methyl sites for hydroxylation is 1. The zero-order valence-corrected chi connectivity index (χ0v) is 6.84. The third-order valence-corrected chi connectivity index (χ3v) is 1.60. The smallest absolute Gasteiger partial charge is 0.207 e. The van der Waals surface area contributed by atoms with Crippen molar-refractivity contribution >= 4 is 10.9 Å². The molecule has 1 heterocycles. The maximum atomic E-state index is 10.8. The number of rotatable bonds is 3. The molecule has 14 heavy (non-hydrogen) atoms. The van der Waals surface area contributed by atoms with Crippen LogP contribution in [-0.4, -0.2) is 16.4 Å². The molecule has 0 unspecified atom stereocenters.